The molecule has 1 saturated heterocycles. The van der Waals surface area contributed by atoms with E-state index in [1.165, 1.54) is 12.1 Å². The molecule has 0 spiro atoms. The minimum Gasteiger partial charge on any atom is -0.379 e. The van der Waals surface area contributed by atoms with Crippen LogP contribution in [0.5, 0.6) is 0 Å². The number of guanidine groups is 1. The average Bonchev–Trinajstić information content (AvgIpc) is 2.76. The molecule has 0 aromatic heterocycles. The second-order valence-electron chi connectivity index (χ2n) is 7.24. The van der Waals surface area contributed by atoms with Crippen LogP contribution in [0.4, 0.5) is 4.39 Å². The molecule has 1 atom stereocenters. The summed E-state index contributed by atoms with van der Waals surface area (Å²) in [4.78, 5) is 9.65. The van der Waals surface area contributed by atoms with Crippen molar-refractivity contribution in [1.29, 1.82) is 0 Å². The van der Waals surface area contributed by atoms with E-state index in [4.69, 9.17) is 9.73 Å². The minimum absolute atomic E-state index is 0.116. The first-order valence-corrected chi connectivity index (χ1v) is 11.0. The number of rotatable bonds is 11. The highest BCUT2D eigenvalue weighted by Crippen LogP contribution is 2.22. The zero-order valence-corrected chi connectivity index (χ0v) is 18.3. The van der Waals surface area contributed by atoms with E-state index < -0.39 is 0 Å². The number of benzene rings is 1. The Morgan fingerprint density at radius 2 is 1.83 bits per heavy atom. The van der Waals surface area contributed by atoms with E-state index >= 15 is 0 Å². The molecule has 0 radical (unpaired) electrons. The third-order valence-corrected chi connectivity index (χ3v) is 5.35. The van der Waals surface area contributed by atoms with Crippen LogP contribution in [0.1, 0.15) is 38.8 Å². The predicted molar refractivity (Wildman–Crippen MR) is 118 cm³/mol. The monoisotopic (exact) mass is 407 g/mol. The van der Waals surface area contributed by atoms with Gasteiger partial charge in [0.25, 0.3) is 0 Å². The minimum atomic E-state index is -0.207. The first-order valence-electron chi connectivity index (χ1n) is 11.0. The molecule has 0 bridgehead atoms. The SMILES string of the molecule is CCNC(=NCC(c1ccc(F)cc1)N1CCOCC1)NCCCN(CC)CC. The highest BCUT2D eigenvalue weighted by molar-refractivity contribution is 5.79. The molecule has 29 heavy (non-hydrogen) atoms. The first kappa shape index (κ1) is 23.6. The van der Waals surface area contributed by atoms with Crippen molar-refractivity contribution < 1.29 is 9.13 Å². The van der Waals surface area contributed by atoms with E-state index in [0.717, 1.165) is 77.0 Å². The largest absolute Gasteiger partial charge is 0.379 e. The van der Waals surface area contributed by atoms with Gasteiger partial charge in [-0.15, -0.1) is 0 Å². The van der Waals surface area contributed by atoms with E-state index in [1.54, 1.807) is 0 Å². The molecule has 1 aromatic rings. The van der Waals surface area contributed by atoms with Gasteiger partial charge in [0.15, 0.2) is 5.96 Å². The van der Waals surface area contributed by atoms with Crippen molar-refractivity contribution in [2.45, 2.75) is 33.2 Å². The van der Waals surface area contributed by atoms with Crippen LogP contribution in [0, 0.1) is 5.82 Å². The molecular formula is C22H38FN5O. The lowest BCUT2D eigenvalue weighted by atomic mass is 10.0. The molecule has 1 aliphatic heterocycles. The summed E-state index contributed by atoms with van der Waals surface area (Å²) in [5, 5.41) is 6.79. The van der Waals surface area contributed by atoms with E-state index in [9.17, 15) is 4.39 Å². The Bertz CT molecular complexity index is 585. The van der Waals surface area contributed by atoms with E-state index in [0.29, 0.717) is 6.54 Å². The third kappa shape index (κ3) is 8.28. The Hall–Kier alpha value is -1.70. The van der Waals surface area contributed by atoms with Crippen LogP contribution in [0.25, 0.3) is 0 Å². The molecule has 0 aliphatic carbocycles. The Labute approximate surface area is 175 Å². The summed E-state index contributed by atoms with van der Waals surface area (Å²) in [7, 11) is 0. The van der Waals surface area contributed by atoms with Crippen molar-refractivity contribution in [3.8, 4) is 0 Å². The predicted octanol–water partition coefficient (Wildman–Crippen LogP) is 2.49. The number of nitrogens with zero attached hydrogens (tertiary/aromatic N) is 3. The highest BCUT2D eigenvalue weighted by atomic mass is 19.1. The maximum atomic E-state index is 13.4. The fourth-order valence-corrected chi connectivity index (χ4v) is 3.57. The molecule has 0 amide bonds. The fraction of sp³-hybridized carbons (Fsp3) is 0.682. The molecular weight excluding hydrogens is 369 g/mol. The summed E-state index contributed by atoms with van der Waals surface area (Å²) in [5.41, 5.74) is 1.09. The summed E-state index contributed by atoms with van der Waals surface area (Å²) in [6, 6.07) is 6.92. The molecule has 2 rings (SSSR count). The zero-order valence-electron chi connectivity index (χ0n) is 18.3. The number of nitrogens with one attached hydrogen (secondary N) is 2. The van der Waals surface area contributed by atoms with Gasteiger partial charge in [0.1, 0.15) is 5.82 Å². The first-order chi connectivity index (χ1) is 14.2. The van der Waals surface area contributed by atoms with Crippen LogP contribution < -0.4 is 10.6 Å². The maximum absolute atomic E-state index is 13.4. The Morgan fingerprint density at radius 1 is 1.14 bits per heavy atom. The summed E-state index contributed by atoms with van der Waals surface area (Å²) < 4.78 is 18.9. The number of hydrogen-bond donors (Lipinski definition) is 2. The quantitative estimate of drug-likeness (QED) is 0.335. The lowest BCUT2D eigenvalue weighted by Crippen LogP contribution is -2.42. The molecule has 164 valence electrons. The third-order valence-electron chi connectivity index (χ3n) is 5.35. The van der Waals surface area contributed by atoms with Gasteiger partial charge in [-0.2, -0.15) is 0 Å². The van der Waals surface area contributed by atoms with Gasteiger partial charge in [-0.1, -0.05) is 26.0 Å². The zero-order chi connectivity index (χ0) is 20.9. The molecule has 1 aliphatic rings. The van der Waals surface area contributed by atoms with Crippen molar-refractivity contribution in [2.75, 3.05) is 65.6 Å². The van der Waals surface area contributed by atoms with E-state index in [1.807, 2.05) is 12.1 Å². The van der Waals surface area contributed by atoms with Crippen molar-refractivity contribution in [3.05, 3.63) is 35.6 Å². The molecule has 6 nitrogen and oxygen atoms in total. The second-order valence-corrected chi connectivity index (χ2v) is 7.24. The number of ether oxygens (including phenoxy) is 1. The summed E-state index contributed by atoms with van der Waals surface area (Å²) >= 11 is 0. The second kappa shape index (κ2) is 13.5. The normalized spacial score (nSPS) is 16.8. The van der Waals surface area contributed by atoms with Crippen LogP contribution in [0.3, 0.4) is 0 Å². The lowest BCUT2D eigenvalue weighted by molar-refractivity contribution is 0.0179. The summed E-state index contributed by atoms with van der Waals surface area (Å²) in [5.74, 6) is 0.633. The molecule has 1 unspecified atom stereocenters. The van der Waals surface area contributed by atoms with Gasteiger partial charge in [-0.25, -0.2) is 4.39 Å². The van der Waals surface area contributed by atoms with Gasteiger partial charge in [0, 0.05) is 26.2 Å². The van der Waals surface area contributed by atoms with Crippen molar-refractivity contribution >= 4 is 5.96 Å². The lowest BCUT2D eigenvalue weighted by Gasteiger charge is -2.34. The van der Waals surface area contributed by atoms with Crippen molar-refractivity contribution in [3.63, 3.8) is 0 Å². The van der Waals surface area contributed by atoms with Crippen LogP contribution in [0.15, 0.2) is 29.3 Å². The van der Waals surface area contributed by atoms with Gasteiger partial charge >= 0.3 is 0 Å². The Morgan fingerprint density at radius 3 is 2.45 bits per heavy atom. The molecule has 0 saturated carbocycles. The van der Waals surface area contributed by atoms with Gasteiger partial charge in [0.05, 0.1) is 25.8 Å². The van der Waals surface area contributed by atoms with Crippen LogP contribution in [0.2, 0.25) is 0 Å². The molecule has 1 fully saturated rings. The standard InChI is InChI=1S/C22H38FN5O/c1-4-24-22(25-12-7-13-27(5-2)6-3)26-18-21(28-14-16-29-17-15-28)19-8-10-20(23)11-9-19/h8-11,21H,4-7,12-18H2,1-3H3,(H2,24,25,26). The Balaban J connectivity index is 1.99. The smallest absolute Gasteiger partial charge is 0.191 e. The van der Waals surface area contributed by atoms with Crippen LogP contribution >= 0.6 is 0 Å². The molecule has 1 heterocycles. The fourth-order valence-electron chi connectivity index (χ4n) is 3.57. The maximum Gasteiger partial charge on any atom is 0.191 e. The molecule has 7 heteroatoms. The van der Waals surface area contributed by atoms with Crippen molar-refractivity contribution in [2.24, 2.45) is 4.99 Å². The van der Waals surface area contributed by atoms with Crippen LogP contribution in [-0.2, 0) is 4.74 Å². The topological polar surface area (TPSA) is 52.1 Å². The summed E-state index contributed by atoms with van der Waals surface area (Å²) in [6.45, 7) is 15.3. The number of halogens is 1. The summed E-state index contributed by atoms with van der Waals surface area (Å²) in [6.07, 6.45) is 1.08. The van der Waals surface area contributed by atoms with Gasteiger partial charge in [0.2, 0.25) is 0 Å². The van der Waals surface area contributed by atoms with Crippen LogP contribution in [-0.4, -0.2) is 81.3 Å². The number of hydrogen-bond acceptors (Lipinski definition) is 4. The highest BCUT2D eigenvalue weighted by Gasteiger charge is 2.22. The molecule has 2 N–H and O–H groups in total. The van der Waals surface area contributed by atoms with Gasteiger partial charge in [-0.3, -0.25) is 9.89 Å². The number of morpholine rings is 1. The van der Waals surface area contributed by atoms with E-state index in [2.05, 4.69) is 41.2 Å². The van der Waals surface area contributed by atoms with Gasteiger partial charge < -0.3 is 20.3 Å². The number of aliphatic imine (C=N–C) groups is 1. The van der Waals surface area contributed by atoms with E-state index in [-0.39, 0.29) is 11.9 Å². The molecule has 1 aromatic carbocycles. The Kier molecular flexibility index (Phi) is 11.0. The van der Waals surface area contributed by atoms with Crippen molar-refractivity contribution in [1.82, 2.24) is 20.4 Å². The van der Waals surface area contributed by atoms with Gasteiger partial charge in [-0.05, 0) is 50.7 Å². The average molecular weight is 408 g/mol.